The maximum absolute atomic E-state index is 13.5. The van der Waals surface area contributed by atoms with Crippen LogP contribution in [0.1, 0.15) is 63.3 Å². The van der Waals surface area contributed by atoms with E-state index in [-0.39, 0.29) is 18.4 Å². The van der Waals surface area contributed by atoms with Crippen molar-refractivity contribution in [1.29, 1.82) is 5.26 Å². The second-order valence-corrected chi connectivity index (χ2v) is 13.2. The summed E-state index contributed by atoms with van der Waals surface area (Å²) in [6.45, 7) is 8.44. The summed E-state index contributed by atoms with van der Waals surface area (Å²) >= 11 is 0. The Morgan fingerprint density at radius 1 is 1.19 bits per heavy atom. The fourth-order valence-corrected chi connectivity index (χ4v) is 6.98. The molecule has 3 atom stereocenters. The lowest BCUT2D eigenvalue weighted by molar-refractivity contribution is -0.121. The van der Waals surface area contributed by atoms with E-state index >= 15 is 0 Å². The highest BCUT2D eigenvalue weighted by molar-refractivity contribution is 6.06. The molecule has 0 bridgehead atoms. The summed E-state index contributed by atoms with van der Waals surface area (Å²) in [6.07, 6.45) is 3.71. The average molecular weight is 588 g/mol. The molecule has 228 valence electrons. The molecule has 4 heterocycles. The minimum absolute atomic E-state index is 0.00891. The van der Waals surface area contributed by atoms with E-state index in [0.29, 0.717) is 57.6 Å². The Kier molecular flexibility index (Phi) is 7.67. The molecule has 1 unspecified atom stereocenters. The van der Waals surface area contributed by atoms with Gasteiger partial charge >= 0.3 is 12.1 Å². The number of piperazine rings is 1. The molecule has 1 spiro atoms. The number of para-hydroxylation sites is 1. The lowest BCUT2D eigenvalue weighted by atomic mass is 9.69. The van der Waals surface area contributed by atoms with Crippen molar-refractivity contribution in [2.45, 2.75) is 82.4 Å². The number of nitrogens with zero attached hydrogens (tertiary/aromatic N) is 6. The third kappa shape index (κ3) is 5.60. The number of rotatable bonds is 5. The number of ether oxygens (including phenoxy) is 2. The number of nitriles is 1. The van der Waals surface area contributed by atoms with E-state index in [1.165, 1.54) is 0 Å². The Morgan fingerprint density at radius 3 is 2.74 bits per heavy atom. The van der Waals surface area contributed by atoms with Crippen molar-refractivity contribution in [1.82, 2.24) is 19.8 Å². The second kappa shape index (κ2) is 11.3. The molecular formula is C32H41N7O4. The van der Waals surface area contributed by atoms with Crippen LogP contribution in [0.3, 0.4) is 0 Å². The van der Waals surface area contributed by atoms with Gasteiger partial charge < -0.3 is 29.5 Å². The van der Waals surface area contributed by atoms with Crippen LogP contribution in [0.25, 0.3) is 0 Å². The van der Waals surface area contributed by atoms with Crippen molar-refractivity contribution < 1.29 is 19.1 Å². The number of hydrogen-bond acceptors (Lipinski definition) is 9. The highest BCUT2D eigenvalue weighted by Gasteiger charge is 2.50. The molecule has 0 saturated carbocycles. The molecule has 4 aliphatic rings. The minimum atomic E-state index is -0.684. The molecule has 1 N–H and O–H groups in total. The van der Waals surface area contributed by atoms with Gasteiger partial charge in [0, 0.05) is 43.3 Å². The fraction of sp³-hybridized carbons (Fsp3) is 0.594. The van der Waals surface area contributed by atoms with E-state index < -0.39 is 17.1 Å². The third-order valence-electron chi connectivity index (χ3n) is 9.26. The molecule has 2 aromatic rings. The Morgan fingerprint density at radius 2 is 2.00 bits per heavy atom. The van der Waals surface area contributed by atoms with Crippen LogP contribution >= 0.6 is 0 Å². The maximum Gasteiger partial charge on any atom is 0.410 e. The fourth-order valence-electron chi connectivity index (χ4n) is 6.98. The molecule has 0 radical (unpaired) electrons. The number of likely N-dealkylation sites (N-methyl/N-ethyl adjacent to an activating group) is 1. The normalized spacial score (nSPS) is 25.2. The number of amides is 2. The van der Waals surface area contributed by atoms with Gasteiger partial charge in [0.1, 0.15) is 18.0 Å². The number of benzene rings is 1. The summed E-state index contributed by atoms with van der Waals surface area (Å²) in [5.74, 6) is 0.780. The number of carbonyl (C=O) groups excluding carboxylic acids is 2. The predicted molar refractivity (Wildman–Crippen MR) is 161 cm³/mol. The largest absolute Gasteiger partial charge is 0.462 e. The zero-order valence-corrected chi connectivity index (χ0v) is 25.6. The maximum atomic E-state index is 13.5. The molecule has 2 amide bonds. The van der Waals surface area contributed by atoms with Crippen molar-refractivity contribution >= 4 is 23.5 Å². The summed E-state index contributed by atoms with van der Waals surface area (Å²) in [5, 5.41) is 12.7. The van der Waals surface area contributed by atoms with Crippen LogP contribution in [0, 0.1) is 11.3 Å². The van der Waals surface area contributed by atoms with Gasteiger partial charge in [0.05, 0.1) is 29.6 Å². The highest BCUT2D eigenvalue weighted by atomic mass is 16.6. The van der Waals surface area contributed by atoms with Gasteiger partial charge in [-0.15, -0.1) is 0 Å². The van der Waals surface area contributed by atoms with E-state index in [1.807, 2.05) is 45.0 Å². The van der Waals surface area contributed by atoms with Crippen LogP contribution in [0.2, 0.25) is 0 Å². The highest BCUT2D eigenvalue weighted by Crippen LogP contribution is 2.47. The zero-order chi connectivity index (χ0) is 30.4. The van der Waals surface area contributed by atoms with Crippen LogP contribution in [0.5, 0.6) is 6.01 Å². The quantitative estimate of drug-likeness (QED) is 0.558. The van der Waals surface area contributed by atoms with Crippen LogP contribution in [0.4, 0.5) is 16.3 Å². The SMILES string of the molecule is CN1CCC[C@H]1COc1nc2c(c(N3CCN(C(=O)OC(C)(C)C)[C@@H](CC#N)C3)n1)CCC1(C2)C(=O)Nc2ccccc21. The molecule has 43 heavy (non-hydrogen) atoms. The number of anilines is 2. The van der Waals surface area contributed by atoms with Gasteiger partial charge in [-0.1, -0.05) is 18.2 Å². The van der Waals surface area contributed by atoms with Gasteiger partial charge in [-0.25, -0.2) is 4.79 Å². The van der Waals surface area contributed by atoms with Gasteiger partial charge in [-0.3, -0.25) is 4.79 Å². The number of fused-ring (bicyclic) bond motifs is 3. The third-order valence-corrected chi connectivity index (χ3v) is 9.26. The Hall–Kier alpha value is -3.91. The molecular weight excluding hydrogens is 546 g/mol. The molecule has 6 rings (SSSR count). The average Bonchev–Trinajstić information content (AvgIpc) is 3.50. The summed E-state index contributed by atoms with van der Waals surface area (Å²) in [4.78, 5) is 42.5. The van der Waals surface area contributed by atoms with Crippen molar-refractivity contribution in [3.05, 3.63) is 41.1 Å². The summed E-state index contributed by atoms with van der Waals surface area (Å²) < 4.78 is 11.9. The zero-order valence-electron chi connectivity index (χ0n) is 25.6. The Labute approximate surface area is 253 Å². The van der Waals surface area contributed by atoms with Crippen molar-refractivity contribution in [3.8, 4) is 12.1 Å². The second-order valence-electron chi connectivity index (χ2n) is 13.2. The summed E-state index contributed by atoms with van der Waals surface area (Å²) in [7, 11) is 2.11. The first kappa shape index (κ1) is 29.2. The van der Waals surface area contributed by atoms with E-state index in [9.17, 15) is 14.9 Å². The number of carbonyl (C=O) groups is 2. The van der Waals surface area contributed by atoms with Gasteiger partial charge in [0.15, 0.2) is 0 Å². The number of hydrogen-bond donors (Lipinski definition) is 1. The van der Waals surface area contributed by atoms with E-state index in [1.54, 1.807) is 4.90 Å². The van der Waals surface area contributed by atoms with Gasteiger partial charge in [0.25, 0.3) is 0 Å². The van der Waals surface area contributed by atoms with Gasteiger partial charge in [0.2, 0.25) is 5.91 Å². The first-order valence-corrected chi connectivity index (χ1v) is 15.3. The van der Waals surface area contributed by atoms with E-state index in [4.69, 9.17) is 19.4 Å². The lowest BCUT2D eigenvalue weighted by Gasteiger charge is -2.42. The van der Waals surface area contributed by atoms with Crippen LogP contribution in [0.15, 0.2) is 24.3 Å². The monoisotopic (exact) mass is 587 g/mol. The summed E-state index contributed by atoms with van der Waals surface area (Å²) in [6, 6.07) is 10.4. The molecule has 1 aromatic heterocycles. The molecule has 11 nitrogen and oxygen atoms in total. The van der Waals surface area contributed by atoms with Crippen molar-refractivity contribution in [3.63, 3.8) is 0 Å². The minimum Gasteiger partial charge on any atom is -0.462 e. The topological polar surface area (TPSA) is 124 Å². The van der Waals surface area contributed by atoms with Crippen LogP contribution in [-0.2, 0) is 27.8 Å². The Bertz CT molecular complexity index is 1450. The molecule has 1 aromatic carbocycles. The standard InChI is InChI=1S/C32H41N7O4/c1-31(2,3)43-30(41)39-17-16-38(19-21(39)12-14-33)27-23-11-13-32(24-9-5-6-10-25(24)34-28(32)40)18-26(23)35-29(36-27)42-20-22-8-7-15-37(22)4/h5-6,9-10,21-22H,7-8,11-13,15-20H2,1-4H3,(H,34,40)/t21-,22-,32?/m0/s1. The van der Waals surface area contributed by atoms with Crippen LogP contribution < -0.4 is 15.0 Å². The Balaban J connectivity index is 1.32. The number of likely N-dealkylation sites (tertiary alicyclic amines) is 1. The molecule has 2 saturated heterocycles. The van der Waals surface area contributed by atoms with Crippen LogP contribution in [-0.4, -0.2) is 89.3 Å². The number of nitrogens with one attached hydrogen (secondary N) is 1. The van der Waals surface area contributed by atoms with Crippen molar-refractivity contribution in [2.24, 2.45) is 0 Å². The summed E-state index contributed by atoms with van der Waals surface area (Å²) in [5.41, 5.74) is 2.40. The van der Waals surface area contributed by atoms with Crippen molar-refractivity contribution in [2.75, 3.05) is 50.1 Å². The number of aromatic nitrogens is 2. The first-order valence-electron chi connectivity index (χ1n) is 15.3. The van der Waals surface area contributed by atoms with E-state index in [0.717, 1.165) is 47.7 Å². The smallest absolute Gasteiger partial charge is 0.410 e. The lowest BCUT2D eigenvalue weighted by Crippen LogP contribution is -2.56. The molecule has 3 aliphatic heterocycles. The first-order chi connectivity index (χ1) is 20.6. The molecule has 2 fully saturated rings. The predicted octanol–water partition coefficient (Wildman–Crippen LogP) is 3.67. The molecule has 1 aliphatic carbocycles. The van der Waals surface area contributed by atoms with Gasteiger partial charge in [-0.2, -0.15) is 15.2 Å². The van der Waals surface area contributed by atoms with Gasteiger partial charge in [-0.05, 0) is 71.7 Å². The van der Waals surface area contributed by atoms with E-state index in [2.05, 4.69) is 28.2 Å². The molecule has 11 heteroatoms.